The number of hydrogen-bond acceptors (Lipinski definition) is 2. The second kappa shape index (κ2) is 8.72. The Kier molecular flexibility index (Phi) is 9.00. The molecule has 0 aromatic carbocycles. The molecule has 0 amide bonds. The van der Waals surface area contributed by atoms with Crippen molar-refractivity contribution >= 4 is 31.1 Å². The van der Waals surface area contributed by atoms with Gasteiger partial charge >= 0.3 is 99.7 Å². The molecule has 1 N–H and O–H groups in total. The summed E-state index contributed by atoms with van der Waals surface area (Å²) in [5.74, 6) is 1.36. The maximum atomic E-state index is 9.57. The molecular formula is C11H20OSSe. The summed E-state index contributed by atoms with van der Waals surface area (Å²) >= 11 is 4.90. The van der Waals surface area contributed by atoms with Crippen LogP contribution in [0.2, 0.25) is 0 Å². The van der Waals surface area contributed by atoms with Crippen molar-refractivity contribution < 1.29 is 5.11 Å². The van der Waals surface area contributed by atoms with Crippen molar-refractivity contribution in [1.82, 2.24) is 0 Å². The molecule has 14 heavy (non-hydrogen) atoms. The maximum absolute atomic E-state index is 9.57. The van der Waals surface area contributed by atoms with Gasteiger partial charge in [-0.1, -0.05) is 0 Å². The summed E-state index contributed by atoms with van der Waals surface area (Å²) in [6.45, 7) is 7.74. The molecule has 3 heteroatoms. The molecule has 0 aliphatic heterocycles. The zero-order valence-electron chi connectivity index (χ0n) is 9.03. The van der Waals surface area contributed by atoms with Crippen LogP contribution < -0.4 is 0 Å². The standard InChI is InChI=1S/C11H20OSSe/c1-4-6-8-13-11(14)10(7-5-2)9(3)12/h5,9-10,12H,2,4,6-8H2,1,3H3/t9-,10+/m1/s1. The SMILES string of the molecule is C=CC[C@H](C(=[Se])SCCCC)[C@@H](C)O. The number of aliphatic hydroxyl groups excluding tert-OH is 1. The first-order chi connectivity index (χ1) is 6.63. The summed E-state index contributed by atoms with van der Waals surface area (Å²) in [6.07, 6.45) is 4.88. The van der Waals surface area contributed by atoms with Gasteiger partial charge in [-0.05, 0) is 0 Å². The molecule has 82 valence electrons. The van der Waals surface area contributed by atoms with Gasteiger partial charge < -0.3 is 0 Å². The van der Waals surface area contributed by atoms with Gasteiger partial charge in [0.25, 0.3) is 0 Å². The van der Waals surface area contributed by atoms with Crippen LogP contribution in [0.4, 0.5) is 0 Å². The zero-order chi connectivity index (χ0) is 11.0. The molecule has 0 unspecified atom stereocenters. The molecule has 0 saturated carbocycles. The number of rotatable bonds is 8. The Morgan fingerprint density at radius 1 is 1.64 bits per heavy atom. The Morgan fingerprint density at radius 3 is 2.71 bits per heavy atom. The van der Waals surface area contributed by atoms with Crippen molar-refractivity contribution in [1.29, 1.82) is 0 Å². The van der Waals surface area contributed by atoms with E-state index in [4.69, 9.17) is 0 Å². The van der Waals surface area contributed by atoms with E-state index in [1.54, 1.807) is 0 Å². The van der Waals surface area contributed by atoms with Crippen LogP contribution in [0.1, 0.15) is 33.1 Å². The summed E-state index contributed by atoms with van der Waals surface area (Å²) in [6, 6.07) is 0. The number of aliphatic hydroxyl groups is 1. The molecule has 0 saturated heterocycles. The molecule has 0 aliphatic carbocycles. The fourth-order valence-electron chi connectivity index (χ4n) is 1.09. The molecule has 2 atom stereocenters. The van der Waals surface area contributed by atoms with Crippen molar-refractivity contribution in [2.45, 2.75) is 39.2 Å². The molecular weight excluding hydrogens is 259 g/mol. The summed E-state index contributed by atoms with van der Waals surface area (Å²) in [4.78, 5) is 0. The molecule has 0 spiro atoms. The van der Waals surface area contributed by atoms with Gasteiger partial charge in [0.1, 0.15) is 0 Å². The molecule has 0 aromatic rings. The van der Waals surface area contributed by atoms with E-state index in [-0.39, 0.29) is 12.0 Å². The van der Waals surface area contributed by atoms with Crippen LogP contribution in [0.3, 0.4) is 0 Å². The predicted molar refractivity (Wildman–Crippen MR) is 68.1 cm³/mol. The van der Waals surface area contributed by atoms with E-state index in [2.05, 4.69) is 29.1 Å². The van der Waals surface area contributed by atoms with Crippen LogP contribution in [0.15, 0.2) is 12.7 Å². The van der Waals surface area contributed by atoms with Gasteiger partial charge in [0.2, 0.25) is 0 Å². The van der Waals surface area contributed by atoms with E-state index in [1.165, 1.54) is 16.6 Å². The van der Waals surface area contributed by atoms with E-state index < -0.39 is 0 Å². The number of thioether (sulfide) groups is 1. The second-order valence-corrected chi connectivity index (χ2v) is 6.04. The minimum atomic E-state index is -0.293. The first kappa shape index (κ1) is 14.4. The van der Waals surface area contributed by atoms with Gasteiger partial charge in [-0.15, -0.1) is 0 Å². The minimum absolute atomic E-state index is 0.217. The number of unbranched alkanes of at least 4 members (excludes halogenated alkanes) is 1. The summed E-state index contributed by atoms with van der Waals surface area (Å²) < 4.78 is 1.22. The number of allylic oxidation sites excluding steroid dienone is 1. The topological polar surface area (TPSA) is 20.2 Å². The van der Waals surface area contributed by atoms with Crippen LogP contribution in [0, 0.1) is 5.92 Å². The van der Waals surface area contributed by atoms with Gasteiger partial charge in [-0.2, -0.15) is 0 Å². The van der Waals surface area contributed by atoms with Crippen molar-refractivity contribution in [2.75, 3.05) is 5.75 Å². The Balaban J connectivity index is 3.95. The molecule has 0 radical (unpaired) electrons. The van der Waals surface area contributed by atoms with Gasteiger partial charge in [0.15, 0.2) is 0 Å². The Bertz CT molecular complexity index is 180. The molecule has 0 aromatic heterocycles. The van der Waals surface area contributed by atoms with Gasteiger partial charge in [-0.3, -0.25) is 0 Å². The third-order valence-electron chi connectivity index (χ3n) is 2.05. The monoisotopic (exact) mass is 280 g/mol. The predicted octanol–water partition coefficient (Wildman–Crippen LogP) is 2.39. The molecule has 0 heterocycles. The Labute approximate surface area is 99.7 Å². The van der Waals surface area contributed by atoms with E-state index >= 15 is 0 Å². The van der Waals surface area contributed by atoms with Crippen molar-refractivity contribution in [2.24, 2.45) is 5.92 Å². The van der Waals surface area contributed by atoms with E-state index in [1.807, 2.05) is 24.8 Å². The van der Waals surface area contributed by atoms with Crippen molar-refractivity contribution in [3.05, 3.63) is 12.7 Å². The molecule has 0 fully saturated rings. The first-order valence-corrected chi connectivity index (χ1v) is 6.93. The molecule has 0 aliphatic rings. The third kappa shape index (κ3) is 6.02. The molecule has 1 nitrogen and oxygen atoms in total. The number of hydrogen-bond donors (Lipinski definition) is 1. The zero-order valence-corrected chi connectivity index (χ0v) is 11.6. The fourth-order valence-corrected chi connectivity index (χ4v) is 3.37. The summed E-state index contributed by atoms with van der Waals surface area (Å²) in [5, 5.41) is 9.57. The normalized spacial score (nSPS) is 14.8. The van der Waals surface area contributed by atoms with Crippen LogP contribution >= 0.6 is 11.8 Å². The third-order valence-corrected chi connectivity index (χ3v) is 4.50. The van der Waals surface area contributed by atoms with Gasteiger partial charge in [0.05, 0.1) is 0 Å². The van der Waals surface area contributed by atoms with Crippen LogP contribution in [-0.2, 0) is 0 Å². The van der Waals surface area contributed by atoms with Crippen molar-refractivity contribution in [3.63, 3.8) is 0 Å². The Hall–Kier alpha value is 0.439. The first-order valence-electron chi connectivity index (χ1n) is 5.09. The average Bonchev–Trinajstić information content (AvgIpc) is 2.13. The van der Waals surface area contributed by atoms with Crippen LogP contribution in [-0.4, -0.2) is 36.3 Å². The van der Waals surface area contributed by atoms with Crippen LogP contribution in [0.25, 0.3) is 0 Å². The Morgan fingerprint density at radius 2 is 2.29 bits per heavy atom. The van der Waals surface area contributed by atoms with E-state index in [9.17, 15) is 5.11 Å². The summed E-state index contributed by atoms with van der Waals surface area (Å²) in [7, 11) is 0. The van der Waals surface area contributed by atoms with Gasteiger partial charge in [0, 0.05) is 0 Å². The van der Waals surface area contributed by atoms with E-state index in [0.717, 1.165) is 12.2 Å². The molecule has 0 rings (SSSR count). The van der Waals surface area contributed by atoms with Gasteiger partial charge in [-0.25, -0.2) is 0 Å². The quantitative estimate of drug-likeness (QED) is 0.418. The fraction of sp³-hybridized carbons (Fsp3) is 0.727. The summed E-state index contributed by atoms with van der Waals surface area (Å²) in [5.41, 5.74) is 0. The van der Waals surface area contributed by atoms with Crippen LogP contribution in [0.5, 0.6) is 0 Å². The molecule has 0 bridgehead atoms. The second-order valence-electron chi connectivity index (χ2n) is 3.39. The van der Waals surface area contributed by atoms with Crippen molar-refractivity contribution in [3.8, 4) is 0 Å². The van der Waals surface area contributed by atoms with E-state index in [0.29, 0.717) is 0 Å². The average molecular weight is 279 g/mol.